The number of ether oxygens (including phenoxy) is 1. The average molecular weight is 265 g/mol. The van der Waals surface area contributed by atoms with Crippen LogP contribution < -0.4 is 0 Å². The molecule has 19 heavy (non-hydrogen) atoms. The molecule has 0 N–H and O–H groups in total. The summed E-state index contributed by atoms with van der Waals surface area (Å²) in [4.78, 5) is 22.4. The zero-order valence-electron chi connectivity index (χ0n) is 11.2. The van der Waals surface area contributed by atoms with Crippen LogP contribution in [0.15, 0.2) is 30.3 Å². The Hall–Kier alpha value is -1.91. The molecule has 1 unspecified atom stereocenters. The van der Waals surface area contributed by atoms with Gasteiger partial charge in [0, 0.05) is 4.92 Å². The van der Waals surface area contributed by atoms with E-state index in [9.17, 15) is 14.9 Å². The molecule has 1 rings (SSSR count). The monoisotopic (exact) mass is 265 g/mol. The van der Waals surface area contributed by atoms with Gasteiger partial charge < -0.3 is 4.74 Å². The Morgan fingerprint density at radius 1 is 1.32 bits per heavy atom. The Bertz CT molecular complexity index is 419. The van der Waals surface area contributed by atoms with Crippen LogP contribution in [0.5, 0.6) is 0 Å². The van der Waals surface area contributed by atoms with Crippen molar-refractivity contribution in [3.8, 4) is 0 Å². The zero-order chi connectivity index (χ0) is 14.3. The minimum Gasteiger partial charge on any atom is -0.466 e. The van der Waals surface area contributed by atoms with Crippen LogP contribution in [-0.4, -0.2) is 24.0 Å². The number of rotatable bonds is 7. The summed E-state index contributed by atoms with van der Waals surface area (Å²) in [6.45, 7) is 3.60. The third-order valence-corrected chi connectivity index (χ3v) is 3.09. The zero-order valence-corrected chi connectivity index (χ0v) is 11.2. The first-order valence-corrected chi connectivity index (χ1v) is 6.43. The van der Waals surface area contributed by atoms with Crippen LogP contribution in [0.25, 0.3) is 0 Å². The molecule has 5 nitrogen and oxygen atoms in total. The summed E-state index contributed by atoms with van der Waals surface area (Å²) in [5.41, 5.74) is 0.805. The van der Waals surface area contributed by atoms with Crippen LogP contribution in [0.3, 0.4) is 0 Å². The lowest BCUT2D eigenvalue weighted by atomic mass is 9.84. The average Bonchev–Trinajstić information content (AvgIpc) is 2.39. The first-order valence-electron chi connectivity index (χ1n) is 6.43. The highest BCUT2D eigenvalue weighted by Crippen LogP contribution is 2.28. The molecule has 0 amide bonds. The van der Waals surface area contributed by atoms with Gasteiger partial charge in [-0.2, -0.15) is 0 Å². The van der Waals surface area contributed by atoms with Crippen molar-refractivity contribution in [3.63, 3.8) is 0 Å². The standard InChI is InChI=1S/C14H19NO4/c1-3-12(14(16)19-4-2)13(10-15(17)18)11-8-6-5-7-9-11/h5-9,12-13H,3-4,10H2,1-2H3/t12?,13-/m0/s1. The van der Waals surface area contributed by atoms with E-state index in [-0.39, 0.29) is 24.0 Å². The van der Waals surface area contributed by atoms with Crippen molar-refractivity contribution in [1.82, 2.24) is 0 Å². The topological polar surface area (TPSA) is 69.4 Å². The van der Waals surface area contributed by atoms with Crippen LogP contribution in [0.1, 0.15) is 31.7 Å². The van der Waals surface area contributed by atoms with Crippen molar-refractivity contribution < 1.29 is 14.5 Å². The molecule has 2 atom stereocenters. The molecule has 5 heteroatoms. The normalized spacial score (nSPS) is 13.6. The van der Waals surface area contributed by atoms with E-state index in [0.717, 1.165) is 5.56 Å². The fourth-order valence-electron chi connectivity index (χ4n) is 2.19. The van der Waals surface area contributed by atoms with Gasteiger partial charge in [-0.25, -0.2) is 0 Å². The van der Waals surface area contributed by atoms with Gasteiger partial charge in [0.25, 0.3) is 0 Å². The Morgan fingerprint density at radius 2 is 1.95 bits per heavy atom. The maximum Gasteiger partial charge on any atom is 0.309 e. The first-order chi connectivity index (χ1) is 9.10. The number of carbonyl (C=O) groups is 1. The highest BCUT2D eigenvalue weighted by atomic mass is 16.6. The van der Waals surface area contributed by atoms with E-state index in [1.807, 2.05) is 37.3 Å². The molecule has 0 spiro atoms. The molecule has 0 aliphatic carbocycles. The number of hydrogen-bond acceptors (Lipinski definition) is 4. The molecule has 0 aliphatic rings. The van der Waals surface area contributed by atoms with E-state index >= 15 is 0 Å². The largest absolute Gasteiger partial charge is 0.466 e. The van der Waals surface area contributed by atoms with Gasteiger partial charge in [0.1, 0.15) is 0 Å². The SMILES string of the molecule is CCOC(=O)C(CC)[C@@H](C[N+](=O)[O-])c1ccccc1. The predicted octanol–water partition coefficient (Wildman–Crippen LogP) is 2.64. The highest BCUT2D eigenvalue weighted by Gasteiger charge is 2.32. The Kier molecular flexibility index (Phi) is 5.99. The number of nitro groups is 1. The number of carbonyl (C=O) groups excluding carboxylic acids is 1. The van der Waals surface area contributed by atoms with Crippen molar-refractivity contribution in [2.75, 3.05) is 13.2 Å². The van der Waals surface area contributed by atoms with Gasteiger partial charge in [-0.3, -0.25) is 14.9 Å². The van der Waals surface area contributed by atoms with E-state index in [1.165, 1.54) is 0 Å². The van der Waals surface area contributed by atoms with Crippen LogP contribution in [0.4, 0.5) is 0 Å². The molecule has 0 fully saturated rings. The van der Waals surface area contributed by atoms with Crippen LogP contribution in [0.2, 0.25) is 0 Å². The Labute approximate surface area is 112 Å². The van der Waals surface area contributed by atoms with Gasteiger partial charge in [0.15, 0.2) is 0 Å². The molecule has 0 radical (unpaired) electrons. The third-order valence-electron chi connectivity index (χ3n) is 3.09. The molecule has 0 saturated carbocycles. The van der Waals surface area contributed by atoms with E-state index in [0.29, 0.717) is 6.42 Å². The summed E-state index contributed by atoms with van der Waals surface area (Å²) >= 11 is 0. The molecule has 0 bridgehead atoms. The van der Waals surface area contributed by atoms with Crippen LogP contribution in [-0.2, 0) is 9.53 Å². The second-order valence-corrected chi connectivity index (χ2v) is 4.30. The number of nitrogens with zero attached hydrogens (tertiary/aromatic N) is 1. The molecular formula is C14H19NO4. The smallest absolute Gasteiger partial charge is 0.309 e. The van der Waals surface area contributed by atoms with Gasteiger partial charge in [-0.15, -0.1) is 0 Å². The van der Waals surface area contributed by atoms with E-state index in [4.69, 9.17) is 4.74 Å². The fourth-order valence-corrected chi connectivity index (χ4v) is 2.19. The van der Waals surface area contributed by atoms with Gasteiger partial charge in [0.2, 0.25) is 6.54 Å². The predicted molar refractivity (Wildman–Crippen MR) is 71.5 cm³/mol. The summed E-state index contributed by atoms with van der Waals surface area (Å²) < 4.78 is 5.02. The van der Waals surface area contributed by atoms with Crippen LogP contribution >= 0.6 is 0 Å². The van der Waals surface area contributed by atoms with Gasteiger partial charge in [-0.1, -0.05) is 37.3 Å². The third kappa shape index (κ3) is 4.35. The Balaban J connectivity index is 3.01. The molecule has 0 aromatic heterocycles. The van der Waals surface area contributed by atoms with Crippen molar-refractivity contribution in [2.45, 2.75) is 26.2 Å². The quantitative estimate of drug-likeness (QED) is 0.431. The molecule has 0 aliphatic heterocycles. The second-order valence-electron chi connectivity index (χ2n) is 4.30. The lowest BCUT2D eigenvalue weighted by Gasteiger charge is -2.21. The van der Waals surface area contributed by atoms with Crippen molar-refractivity contribution in [3.05, 3.63) is 46.0 Å². The van der Waals surface area contributed by atoms with Gasteiger partial charge >= 0.3 is 5.97 Å². The summed E-state index contributed by atoms with van der Waals surface area (Å²) in [6, 6.07) is 9.12. The minimum absolute atomic E-state index is 0.263. The maximum absolute atomic E-state index is 11.9. The fraction of sp³-hybridized carbons (Fsp3) is 0.500. The summed E-state index contributed by atoms with van der Waals surface area (Å²) in [5.74, 6) is -1.28. The molecule has 0 heterocycles. The minimum atomic E-state index is -0.479. The number of benzene rings is 1. The van der Waals surface area contributed by atoms with Crippen molar-refractivity contribution in [1.29, 1.82) is 0 Å². The van der Waals surface area contributed by atoms with E-state index in [2.05, 4.69) is 0 Å². The molecule has 0 saturated heterocycles. The lowest BCUT2D eigenvalue weighted by Crippen LogP contribution is -2.28. The molecule has 104 valence electrons. The van der Waals surface area contributed by atoms with E-state index in [1.54, 1.807) is 6.92 Å². The van der Waals surface area contributed by atoms with Crippen LogP contribution in [0, 0.1) is 16.0 Å². The summed E-state index contributed by atoms with van der Waals surface area (Å²) in [5, 5.41) is 10.8. The van der Waals surface area contributed by atoms with Gasteiger partial charge in [-0.05, 0) is 18.9 Å². The number of hydrogen-bond donors (Lipinski definition) is 0. The summed E-state index contributed by atoms with van der Waals surface area (Å²) in [7, 11) is 0. The lowest BCUT2D eigenvalue weighted by molar-refractivity contribution is -0.484. The molecular weight excluding hydrogens is 246 g/mol. The van der Waals surface area contributed by atoms with Crippen molar-refractivity contribution in [2.24, 2.45) is 5.92 Å². The highest BCUT2D eigenvalue weighted by molar-refractivity contribution is 5.73. The first kappa shape index (κ1) is 15.1. The molecule has 1 aromatic carbocycles. The second kappa shape index (κ2) is 7.51. The molecule has 1 aromatic rings. The summed E-state index contributed by atoms with van der Waals surface area (Å²) in [6.07, 6.45) is 0.520. The van der Waals surface area contributed by atoms with E-state index < -0.39 is 11.8 Å². The van der Waals surface area contributed by atoms with Crippen molar-refractivity contribution >= 4 is 5.97 Å². The number of esters is 1. The maximum atomic E-state index is 11.9. The Morgan fingerprint density at radius 3 is 2.42 bits per heavy atom. The van der Waals surface area contributed by atoms with Gasteiger partial charge in [0.05, 0.1) is 18.4 Å².